The standard InChI is InChI=1S/C20H22F2N2O4/c1-3-27-18-15(5-4-10-23-18)19(25)24(14-7-8-14)12-13-6-9-16(28-20(21)22)17(11-13)26-2/h4-6,9-11,14,20H,3,7-8,12H2,1-2H3. The molecule has 0 spiro atoms. The molecule has 0 radical (unpaired) electrons. The average Bonchev–Trinajstić information content (AvgIpc) is 3.52. The summed E-state index contributed by atoms with van der Waals surface area (Å²) < 4.78 is 40.1. The Labute approximate surface area is 162 Å². The lowest BCUT2D eigenvalue weighted by Crippen LogP contribution is -2.33. The van der Waals surface area contributed by atoms with Crippen LogP contribution >= 0.6 is 0 Å². The molecule has 0 atom stereocenters. The van der Waals surface area contributed by atoms with Gasteiger partial charge in [-0.2, -0.15) is 8.78 Å². The summed E-state index contributed by atoms with van der Waals surface area (Å²) in [6.07, 6.45) is 3.41. The largest absolute Gasteiger partial charge is 0.493 e. The van der Waals surface area contributed by atoms with Crippen LogP contribution in [0.25, 0.3) is 0 Å². The van der Waals surface area contributed by atoms with E-state index in [2.05, 4.69) is 9.72 Å². The topological polar surface area (TPSA) is 60.9 Å². The van der Waals surface area contributed by atoms with Gasteiger partial charge in [0, 0.05) is 18.8 Å². The maximum atomic E-state index is 13.1. The summed E-state index contributed by atoms with van der Waals surface area (Å²) in [6.45, 7) is -0.387. The van der Waals surface area contributed by atoms with Crippen molar-refractivity contribution in [1.82, 2.24) is 9.88 Å². The van der Waals surface area contributed by atoms with E-state index >= 15 is 0 Å². The van der Waals surface area contributed by atoms with Crippen molar-refractivity contribution in [3.05, 3.63) is 47.7 Å². The van der Waals surface area contributed by atoms with Gasteiger partial charge in [-0.3, -0.25) is 4.79 Å². The predicted octanol–water partition coefficient (Wildman–Crippen LogP) is 3.90. The van der Waals surface area contributed by atoms with E-state index in [0.717, 1.165) is 18.4 Å². The summed E-state index contributed by atoms with van der Waals surface area (Å²) in [5, 5.41) is 0. The zero-order valence-corrected chi connectivity index (χ0v) is 15.7. The number of nitrogens with zero attached hydrogens (tertiary/aromatic N) is 2. The van der Waals surface area contributed by atoms with Crippen LogP contribution in [0.1, 0.15) is 35.7 Å². The van der Waals surface area contributed by atoms with Crippen molar-refractivity contribution in [3.63, 3.8) is 0 Å². The van der Waals surface area contributed by atoms with Crippen LogP contribution in [0, 0.1) is 0 Å². The molecule has 1 saturated carbocycles. The summed E-state index contributed by atoms with van der Waals surface area (Å²) in [5.41, 5.74) is 1.15. The molecular formula is C20H22F2N2O4. The van der Waals surface area contributed by atoms with E-state index in [4.69, 9.17) is 9.47 Å². The van der Waals surface area contributed by atoms with Gasteiger partial charge in [0.25, 0.3) is 5.91 Å². The fourth-order valence-electron chi connectivity index (χ4n) is 2.91. The summed E-state index contributed by atoms with van der Waals surface area (Å²) in [6, 6.07) is 8.19. The van der Waals surface area contributed by atoms with Gasteiger partial charge in [0.05, 0.1) is 13.7 Å². The van der Waals surface area contributed by atoms with Crippen LogP contribution in [0.4, 0.5) is 8.78 Å². The maximum Gasteiger partial charge on any atom is 0.387 e. The molecule has 0 saturated heterocycles. The fraction of sp³-hybridized carbons (Fsp3) is 0.400. The van der Waals surface area contributed by atoms with Gasteiger partial charge in [-0.1, -0.05) is 6.07 Å². The van der Waals surface area contributed by atoms with Crippen molar-refractivity contribution in [2.24, 2.45) is 0 Å². The van der Waals surface area contributed by atoms with Crippen LogP contribution in [-0.4, -0.2) is 42.2 Å². The molecule has 0 N–H and O–H groups in total. The zero-order valence-electron chi connectivity index (χ0n) is 15.7. The number of ether oxygens (including phenoxy) is 3. The lowest BCUT2D eigenvalue weighted by Gasteiger charge is -2.24. The summed E-state index contributed by atoms with van der Waals surface area (Å²) >= 11 is 0. The zero-order chi connectivity index (χ0) is 20.1. The lowest BCUT2D eigenvalue weighted by atomic mass is 10.1. The highest BCUT2D eigenvalue weighted by molar-refractivity contribution is 5.96. The van der Waals surface area contributed by atoms with Crippen LogP contribution in [-0.2, 0) is 6.54 Å². The molecule has 8 heteroatoms. The van der Waals surface area contributed by atoms with Gasteiger partial charge in [0.15, 0.2) is 11.5 Å². The Morgan fingerprint density at radius 1 is 1.29 bits per heavy atom. The summed E-state index contributed by atoms with van der Waals surface area (Å²) in [7, 11) is 1.38. The Hall–Kier alpha value is -2.90. The van der Waals surface area contributed by atoms with Crippen LogP contribution in [0.2, 0.25) is 0 Å². The third kappa shape index (κ3) is 4.68. The van der Waals surface area contributed by atoms with Crippen LogP contribution in [0.15, 0.2) is 36.5 Å². The van der Waals surface area contributed by atoms with Gasteiger partial charge in [-0.25, -0.2) is 4.98 Å². The highest BCUT2D eigenvalue weighted by Crippen LogP contribution is 2.34. The Kier molecular flexibility index (Phi) is 6.28. The molecule has 1 aromatic carbocycles. The van der Waals surface area contributed by atoms with Crippen LogP contribution in [0.3, 0.4) is 0 Å². The van der Waals surface area contributed by atoms with E-state index in [1.165, 1.54) is 13.2 Å². The Balaban J connectivity index is 1.83. The number of pyridine rings is 1. The van der Waals surface area contributed by atoms with Crippen molar-refractivity contribution in [2.45, 2.75) is 39.0 Å². The third-order valence-electron chi connectivity index (χ3n) is 4.33. The van der Waals surface area contributed by atoms with Gasteiger partial charge in [0.2, 0.25) is 5.88 Å². The molecule has 1 aliphatic carbocycles. The number of aromatic nitrogens is 1. The molecule has 0 aliphatic heterocycles. The van der Waals surface area contributed by atoms with Crippen molar-refractivity contribution in [2.75, 3.05) is 13.7 Å². The normalized spacial score (nSPS) is 13.3. The average molecular weight is 392 g/mol. The minimum Gasteiger partial charge on any atom is -0.493 e. The van der Waals surface area contributed by atoms with E-state index in [0.29, 0.717) is 24.6 Å². The number of methoxy groups -OCH3 is 1. The molecule has 1 aliphatic rings. The summed E-state index contributed by atoms with van der Waals surface area (Å²) in [5.74, 6) is 0.277. The van der Waals surface area contributed by atoms with Crippen molar-refractivity contribution in [3.8, 4) is 17.4 Å². The summed E-state index contributed by atoms with van der Waals surface area (Å²) in [4.78, 5) is 19.0. The molecule has 1 heterocycles. The maximum absolute atomic E-state index is 13.1. The minimum absolute atomic E-state index is 0.0450. The lowest BCUT2D eigenvalue weighted by molar-refractivity contribution is -0.0512. The first-order valence-corrected chi connectivity index (χ1v) is 9.04. The van der Waals surface area contributed by atoms with E-state index in [1.807, 2.05) is 6.92 Å². The number of halogens is 2. The molecular weight excluding hydrogens is 370 g/mol. The smallest absolute Gasteiger partial charge is 0.387 e. The second kappa shape index (κ2) is 8.86. The molecule has 3 rings (SSSR count). The molecule has 1 amide bonds. The number of carbonyl (C=O) groups excluding carboxylic acids is 1. The highest BCUT2D eigenvalue weighted by Gasteiger charge is 2.34. The van der Waals surface area contributed by atoms with Gasteiger partial charge >= 0.3 is 6.61 Å². The number of hydrogen-bond acceptors (Lipinski definition) is 5. The third-order valence-corrected chi connectivity index (χ3v) is 4.33. The molecule has 28 heavy (non-hydrogen) atoms. The van der Waals surface area contributed by atoms with E-state index in [9.17, 15) is 13.6 Å². The first-order chi connectivity index (χ1) is 13.5. The van der Waals surface area contributed by atoms with E-state index in [-0.39, 0.29) is 23.4 Å². The van der Waals surface area contributed by atoms with Gasteiger partial charge in [0.1, 0.15) is 5.56 Å². The molecule has 150 valence electrons. The van der Waals surface area contributed by atoms with Gasteiger partial charge < -0.3 is 19.1 Å². The van der Waals surface area contributed by atoms with E-state index < -0.39 is 6.61 Å². The predicted molar refractivity (Wildman–Crippen MR) is 97.9 cm³/mol. The molecule has 1 fully saturated rings. The van der Waals surface area contributed by atoms with Crippen molar-refractivity contribution in [1.29, 1.82) is 0 Å². The molecule has 0 unspecified atom stereocenters. The Morgan fingerprint density at radius 3 is 2.71 bits per heavy atom. The fourth-order valence-corrected chi connectivity index (χ4v) is 2.91. The van der Waals surface area contributed by atoms with Crippen LogP contribution < -0.4 is 14.2 Å². The second-order valence-electron chi connectivity index (χ2n) is 6.32. The van der Waals surface area contributed by atoms with Crippen LogP contribution in [0.5, 0.6) is 17.4 Å². The van der Waals surface area contributed by atoms with Gasteiger partial charge in [-0.15, -0.1) is 0 Å². The Bertz CT molecular complexity index is 828. The SMILES string of the molecule is CCOc1ncccc1C(=O)N(Cc1ccc(OC(F)F)c(OC)c1)C1CC1. The quantitative estimate of drug-likeness (QED) is 0.648. The molecule has 6 nitrogen and oxygen atoms in total. The van der Waals surface area contributed by atoms with E-state index in [1.54, 1.807) is 35.4 Å². The minimum atomic E-state index is -2.94. The van der Waals surface area contributed by atoms with Crippen molar-refractivity contribution >= 4 is 5.91 Å². The molecule has 0 bridgehead atoms. The number of hydrogen-bond donors (Lipinski definition) is 0. The number of carbonyl (C=O) groups is 1. The van der Waals surface area contributed by atoms with Crippen molar-refractivity contribution < 1.29 is 27.8 Å². The first kappa shape index (κ1) is 19.9. The van der Waals surface area contributed by atoms with Gasteiger partial charge in [-0.05, 0) is 49.6 Å². The second-order valence-corrected chi connectivity index (χ2v) is 6.32. The number of rotatable bonds is 9. The molecule has 2 aromatic rings. The number of alkyl halides is 2. The molecule has 1 aromatic heterocycles. The number of benzene rings is 1. The first-order valence-electron chi connectivity index (χ1n) is 9.04. The number of amides is 1. The highest BCUT2D eigenvalue weighted by atomic mass is 19.3. The Morgan fingerprint density at radius 2 is 2.07 bits per heavy atom. The monoisotopic (exact) mass is 392 g/mol.